The van der Waals surface area contributed by atoms with Gasteiger partial charge >= 0.3 is 0 Å². The van der Waals surface area contributed by atoms with Crippen molar-refractivity contribution in [2.75, 3.05) is 16.4 Å². The summed E-state index contributed by atoms with van der Waals surface area (Å²) in [6.45, 7) is 0.539. The van der Waals surface area contributed by atoms with Gasteiger partial charge in [-0.3, -0.25) is 9.48 Å². The zero-order valence-corrected chi connectivity index (χ0v) is 15.4. The second-order valence-electron chi connectivity index (χ2n) is 6.52. The molecule has 2 aromatic heterocycles. The highest BCUT2D eigenvalue weighted by Gasteiger charge is 2.12. The molecule has 28 heavy (non-hydrogen) atoms. The third kappa shape index (κ3) is 3.78. The Morgan fingerprint density at radius 3 is 2.86 bits per heavy atom. The maximum absolute atomic E-state index is 12.8. The van der Waals surface area contributed by atoms with E-state index in [-0.39, 0.29) is 5.91 Å². The van der Waals surface area contributed by atoms with Gasteiger partial charge in [-0.25, -0.2) is 4.98 Å². The zero-order valence-electron chi connectivity index (χ0n) is 15.4. The van der Waals surface area contributed by atoms with Crippen molar-refractivity contribution in [3.05, 3.63) is 78.1 Å². The first kappa shape index (κ1) is 17.5. The maximum atomic E-state index is 12.8. The SMILES string of the molecule is Cn1cc2ccc(NC(=O)c3ccccc3NCc3ccnc(N)c3)cc2n1. The fourth-order valence-corrected chi connectivity index (χ4v) is 3.05. The Morgan fingerprint density at radius 1 is 1.14 bits per heavy atom. The van der Waals surface area contributed by atoms with Crippen molar-refractivity contribution in [2.24, 2.45) is 7.05 Å². The van der Waals surface area contributed by atoms with Gasteiger partial charge < -0.3 is 16.4 Å². The molecule has 0 aliphatic heterocycles. The molecule has 4 aromatic rings. The summed E-state index contributed by atoms with van der Waals surface area (Å²) in [5.74, 6) is 0.280. The summed E-state index contributed by atoms with van der Waals surface area (Å²) >= 11 is 0. The van der Waals surface area contributed by atoms with Gasteiger partial charge in [0.2, 0.25) is 0 Å². The number of para-hydroxylation sites is 1. The van der Waals surface area contributed by atoms with Crippen LogP contribution in [-0.4, -0.2) is 20.7 Å². The predicted octanol–water partition coefficient (Wildman–Crippen LogP) is 3.41. The van der Waals surface area contributed by atoms with E-state index < -0.39 is 0 Å². The van der Waals surface area contributed by atoms with Crippen LogP contribution in [0.3, 0.4) is 0 Å². The van der Waals surface area contributed by atoms with Crippen molar-refractivity contribution < 1.29 is 4.79 Å². The molecule has 2 aromatic carbocycles. The quantitative estimate of drug-likeness (QED) is 0.499. The monoisotopic (exact) mass is 372 g/mol. The minimum atomic E-state index is -0.187. The van der Waals surface area contributed by atoms with Crippen molar-refractivity contribution in [3.63, 3.8) is 0 Å². The number of hydrogen-bond donors (Lipinski definition) is 3. The summed E-state index contributed by atoms with van der Waals surface area (Å²) in [4.78, 5) is 16.8. The molecule has 0 spiro atoms. The lowest BCUT2D eigenvalue weighted by Gasteiger charge is -2.12. The molecule has 0 aliphatic rings. The number of nitrogens with zero attached hydrogens (tertiary/aromatic N) is 3. The van der Waals surface area contributed by atoms with Gasteiger partial charge in [0.1, 0.15) is 5.82 Å². The standard InChI is InChI=1S/C21H20N6O/c1-27-13-15-6-7-16(11-19(15)26-27)25-21(28)17-4-2-3-5-18(17)24-12-14-8-9-23-20(22)10-14/h2-11,13,24H,12H2,1H3,(H2,22,23)(H,25,28). The number of aryl methyl sites for hydroxylation is 1. The van der Waals surface area contributed by atoms with Gasteiger partial charge in [-0.15, -0.1) is 0 Å². The molecular formula is C21H20N6O. The van der Waals surface area contributed by atoms with E-state index >= 15 is 0 Å². The molecule has 0 atom stereocenters. The van der Waals surface area contributed by atoms with Crippen molar-refractivity contribution in [1.82, 2.24) is 14.8 Å². The predicted molar refractivity (Wildman–Crippen MR) is 111 cm³/mol. The molecule has 1 amide bonds. The van der Waals surface area contributed by atoms with E-state index in [1.54, 1.807) is 23.0 Å². The molecule has 7 heteroatoms. The molecule has 0 unspecified atom stereocenters. The molecule has 0 fully saturated rings. The molecule has 0 radical (unpaired) electrons. The van der Waals surface area contributed by atoms with Crippen LogP contribution in [0.5, 0.6) is 0 Å². The number of pyridine rings is 1. The molecule has 0 bridgehead atoms. The summed E-state index contributed by atoms with van der Waals surface area (Å²) in [5.41, 5.74) is 9.55. The smallest absolute Gasteiger partial charge is 0.257 e. The minimum absolute atomic E-state index is 0.187. The van der Waals surface area contributed by atoms with Gasteiger partial charge in [-0.05, 0) is 48.0 Å². The summed E-state index contributed by atoms with van der Waals surface area (Å²) in [6, 6.07) is 16.8. The van der Waals surface area contributed by atoms with Gasteiger partial charge in [-0.1, -0.05) is 12.1 Å². The lowest BCUT2D eigenvalue weighted by atomic mass is 10.1. The number of benzene rings is 2. The van der Waals surface area contributed by atoms with E-state index in [0.29, 0.717) is 23.6 Å². The number of carbonyl (C=O) groups excluding carboxylic acids is 1. The summed E-state index contributed by atoms with van der Waals surface area (Å²) < 4.78 is 1.75. The number of amides is 1. The Labute approximate surface area is 162 Å². The van der Waals surface area contributed by atoms with Gasteiger partial charge in [0, 0.05) is 42.7 Å². The van der Waals surface area contributed by atoms with Crippen LogP contribution in [-0.2, 0) is 13.6 Å². The highest BCUT2D eigenvalue weighted by Crippen LogP contribution is 2.21. The van der Waals surface area contributed by atoms with Gasteiger partial charge in [0.15, 0.2) is 0 Å². The van der Waals surface area contributed by atoms with E-state index in [9.17, 15) is 4.79 Å². The highest BCUT2D eigenvalue weighted by molar-refractivity contribution is 6.08. The number of fused-ring (bicyclic) bond motifs is 1. The van der Waals surface area contributed by atoms with Crippen molar-refractivity contribution in [3.8, 4) is 0 Å². The molecule has 140 valence electrons. The second-order valence-corrected chi connectivity index (χ2v) is 6.52. The Hall–Kier alpha value is -3.87. The molecule has 0 saturated heterocycles. The number of nitrogen functional groups attached to an aromatic ring is 1. The lowest BCUT2D eigenvalue weighted by Crippen LogP contribution is -2.14. The van der Waals surface area contributed by atoms with Crippen molar-refractivity contribution >= 4 is 34.0 Å². The zero-order chi connectivity index (χ0) is 19.5. The average molecular weight is 372 g/mol. The minimum Gasteiger partial charge on any atom is -0.384 e. The van der Waals surface area contributed by atoms with Crippen molar-refractivity contribution in [1.29, 1.82) is 0 Å². The van der Waals surface area contributed by atoms with E-state index in [2.05, 4.69) is 20.7 Å². The van der Waals surface area contributed by atoms with Crippen LogP contribution in [0.2, 0.25) is 0 Å². The van der Waals surface area contributed by atoms with Crippen LogP contribution in [0, 0.1) is 0 Å². The Kier molecular flexibility index (Phi) is 4.63. The van der Waals surface area contributed by atoms with E-state index in [0.717, 1.165) is 22.2 Å². The highest BCUT2D eigenvalue weighted by atomic mass is 16.1. The number of nitrogens with two attached hydrogens (primary N) is 1. The lowest BCUT2D eigenvalue weighted by molar-refractivity contribution is 0.102. The van der Waals surface area contributed by atoms with Crippen LogP contribution in [0.1, 0.15) is 15.9 Å². The van der Waals surface area contributed by atoms with Crippen LogP contribution in [0.15, 0.2) is 67.0 Å². The number of anilines is 3. The summed E-state index contributed by atoms with van der Waals surface area (Å²) in [7, 11) is 1.87. The van der Waals surface area contributed by atoms with E-state index in [4.69, 9.17) is 5.73 Å². The fraction of sp³-hybridized carbons (Fsp3) is 0.0952. The molecule has 0 saturated carbocycles. The topological polar surface area (TPSA) is 97.9 Å². The van der Waals surface area contributed by atoms with Gasteiger partial charge in [0.25, 0.3) is 5.91 Å². The third-order valence-electron chi connectivity index (χ3n) is 4.38. The molecule has 0 aliphatic carbocycles. The Bertz CT molecular complexity index is 1150. The number of carbonyl (C=O) groups is 1. The Morgan fingerprint density at radius 2 is 2.00 bits per heavy atom. The third-order valence-corrected chi connectivity index (χ3v) is 4.38. The van der Waals surface area contributed by atoms with Crippen LogP contribution < -0.4 is 16.4 Å². The molecule has 2 heterocycles. The summed E-state index contributed by atoms with van der Waals surface area (Å²) in [6.07, 6.45) is 3.60. The molecule has 4 N–H and O–H groups in total. The molecule has 4 rings (SSSR count). The fourth-order valence-electron chi connectivity index (χ4n) is 3.05. The maximum Gasteiger partial charge on any atom is 0.257 e. The Balaban J connectivity index is 1.52. The van der Waals surface area contributed by atoms with Crippen LogP contribution >= 0.6 is 0 Å². The molecular weight excluding hydrogens is 352 g/mol. The first-order valence-electron chi connectivity index (χ1n) is 8.86. The number of rotatable bonds is 5. The normalized spacial score (nSPS) is 10.8. The number of hydrogen-bond acceptors (Lipinski definition) is 5. The molecule has 7 nitrogen and oxygen atoms in total. The number of aromatic nitrogens is 3. The average Bonchev–Trinajstić information content (AvgIpc) is 3.06. The first-order chi connectivity index (χ1) is 13.6. The van der Waals surface area contributed by atoms with Crippen LogP contribution in [0.25, 0.3) is 10.9 Å². The number of nitrogens with one attached hydrogen (secondary N) is 2. The van der Waals surface area contributed by atoms with Gasteiger partial charge in [0.05, 0.1) is 11.1 Å². The van der Waals surface area contributed by atoms with Crippen molar-refractivity contribution in [2.45, 2.75) is 6.54 Å². The van der Waals surface area contributed by atoms with Crippen LogP contribution in [0.4, 0.5) is 17.2 Å². The first-order valence-corrected chi connectivity index (χ1v) is 8.86. The van der Waals surface area contributed by atoms with E-state index in [1.807, 2.05) is 55.7 Å². The van der Waals surface area contributed by atoms with E-state index in [1.165, 1.54) is 0 Å². The van der Waals surface area contributed by atoms with Gasteiger partial charge in [-0.2, -0.15) is 5.10 Å². The largest absolute Gasteiger partial charge is 0.384 e. The summed E-state index contributed by atoms with van der Waals surface area (Å²) in [5, 5.41) is 11.7. The second kappa shape index (κ2) is 7.40.